The number of carbonyl (C=O) groups excluding carboxylic acids is 1. The molecule has 23 heavy (non-hydrogen) atoms. The zero-order chi connectivity index (χ0) is 17.6. The molecule has 0 aliphatic heterocycles. The van der Waals surface area contributed by atoms with Crippen molar-refractivity contribution in [1.82, 2.24) is 9.13 Å². The first-order chi connectivity index (χ1) is 10.8. The number of carbonyl (C=O) groups is 1. The third-order valence-corrected chi connectivity index (χ3v) is 3.81. The van der Waals surface area contributed by atoms with E-state index in [1.54, 1.807) is 27.1 Å². The molecule has 0 aliphatic rings. The second-order valence-electron chi connectivity index (χ2n) is 5.44. The van der Waals surface area contributed by atoms with Crippen LogP contribution in [0.4, 0.5) is 5.82 Å². The van der Waals surface area contributed by atoms with Crippen molar-refractivity contribution in [3.63, 3.8) is 0 Å². The smallest absolute Gasteiger partial charge is 0.332 e. The molecular formula is C16H25N3O4. The Morgan fingerprint density at radius 3 is 2.48 bits per heavy atom. The fourth-order valence-electron chi connectivity index (χ4n) is 2.28. The van der Waals surface area contributed by atoms with Gasteiger partial charge in [-0.2, -0.15) is 0 Å². The van der Waals surface area contributed by atoms with Crippen molar-refractivity contribution < 1.29 is 9.53 Å². The molecule has 0 aliphatic carbocycles. The van der Waals surface area contributed by atoms with Crippen molar-refractivity contribution in [2.24, 2.45) is 25.0 Å². The van der Waals surface area contributed by atoms with Gasteiger partial charge in [0.15, 0.2) is 0 Å². The molecule has 0 saturated heterocycles. The standard InChI is InChI=1S/C16H25N3O4/c1-6-12(8-9-13(20)23-7-2)10-17-14-11(3)15(21)19(5)16(22)18(14)4/h10,12H,6-9H2,1-5H3. The molecule has 0 aromatic carbocycles. The minimum Gasteiger partial charge on any atom is -0.466 e. The fourth-order valence-corrected chi connectivity index (χ4v) is 2.28. The summed E-state index contributed by atoms with van der Waals surface area (Å²) < 4.78 is 7.32. The fraction of sp³-hybridized carbons (Fsp3) is 0.625. The van der Waals surface area contributed by atoms with Gasteiger partial charge in [0.2, 0.25) is 0 Å². The predicted molar refractivity (Wildman–Crippen MR) is 89.5 cm³/mol. The van der Waals surface area contributed by atoms with Crippen molar-refractivity contribution in [3.8, 4) is 0 Å². The average molecular weight is 323 g/mol. The Labute approximate surface area is 135 Å². The number of aliphatic imine (C=N–C) groups is 1. The van der Waals surface area contributed by atoms with Crippen molar-refractivity contribution >= 4 is 18.0 Å². The molecular weight excluding hydrogens is 298 g/mol. The van der Waals surface area contributed by atoms with Gasteiger partial charge in [-0.05, 0) is 32.6 Å². The van der Waals surface area contributed by atoms with Crippen LogP contribution in [0, 0.1) is 12.8 Å². The topological polar surface area (TPSA) is 82.7 Å². The SMILES string of the molecule is CCOC(=O)CCC(C=Nc1c(C)c(=O)n(C)c(=O)n1C)CC. The third kappa shape index (κ3) is 4.64. The molecule has 1 unspecified atom stereocenters. The Hall–Kier alpha value is -2.18. The van der Waals surface area contributed by atoms with Crippen LogP contribution in [0.2, 0.25) is 0 Å². The van der Waals surface area contributed by atoms with Gasteiger partial charge < -0.3 is 4.74 Å². The molecule has 128 valence electrons. The van der Waals surface area contributed by atoms with E-state index in [1.807, 2.05) is 6.92 Å². The second-order valence-corrected chi connectivity index (χ2v) is 5.44. The number of esters is 1. The summed E-state index contributed by atoms with van der Waals surface area (Å²) in [6.45, 7) is 5.79. The Morgan fingerprint density at radius 1 is 1.26 bits per heavy atom. The van der Waals surface area contributed by atoms with Crippen LogP contribution in [-0.4, -0.2) is 27.9 Å². The van der Waals surface area contributed by atoms with Crippen LogP contribution in [0.1, 0.15) is 38.7 Å². The lowest BCUT2D eigenvalue weighted by Crippen LogP contribution is -2.38. The largest absolute Gasteiger partial charge is 0.466 e. The van der Waals surface area contributed by atoms with E-state index in [1.165, 1.54) is 11.6 Å². The van der Waals surface area contributed by atoms with E-state index in [-0.39, 0.29) is 17.4 Å². The predicted octanol–water partition coefficient (Wildman–Crippen LogP) is 1.46. The molecule has 7 nitrogen and oxygen atoms in total. The van der Waals surface area contributed by atoms with Crippen LogP contribution < -0.4 is 11.2 Å². The van der Waals surface area contributed by atoms with Gasteiger partial charge in [0.25, 0.3) is 5.56 Å². The van der Waals surface area contributed by atoms with E-state index in [9.17, 15) is 14.4 Å². The highest BCUT2D eigenvalue weighted by Gasteiger charge is 2.12. The summed E-state index contributed by atoms with van der Waals surface area (Å²) in [5.41, 5.74) is -0.335. The van der Waals surface area contributed by atoms with Crippen LogP contribution in [0.25, 0.3) is 0 Å². The maximum Gasteiger partial charge on any atom is 0.332 e. The first kappa shape index (κ1) is 18.9. The lowest BCUT2D eigenvalue weighted by Gasteiger charge is -2.11. The molecule has 7 heteroatoms. The van der Waals surface area contributed by atoms with Gasteiger partial charge in [0.05, 0.1) is 12.2 Å². The van der Waals surface area contributed by atoms with Crippen molar-refractivity contribution in [3.05, 3.63) is 26.4 Å². The number of ether oxygens (including phenoxy) is 1. The molecule has 1 atom stereocenters. The van der Waals surface area contributed by atoms with E-state index in [0.29, 0.717) is 30.8 Å². The van der Waals surface area contributed by atoms with E-state index >= 15 is 0 Å². The van der Waals surface area contributed by atoms with Crippen LogP contribution in [0.15, 0.2) is 14.6 Å². The highest BCUT2D eigenvalue weighted by molar-refractivity contribution is 5.71. The zero-order valence-electron chi connectivity index (χ0n) is 14.5. The van der Waals surface area contributed by atoms with Crippen LogP contribution in [0.3, 0.4) is 0 Å². The molecule has 0 fully saturated rings. The molecule has 1 aromatic heterocycles. The molecule has 0 bridgehead atoms. The number of nitrogens with zero attached hydrogens (tertiary/aromatic N) is 3. The van der Waals surface area contributed by atoms with E-state index in [0.717, 1.165) is 11.0 Å². The molecule has 1 aromatic rings. The summed E-state index contributed by atoms with van der Waals surface area (Å²) in [4.78, 5) is 39.7. The molecule has 0 saturated carbocycles. The van der Waals surface area contributed by atoms with Gasteiger partial charge in [-0.1, -0.05) is 6.92 Å². The molecule has 1 rings (SSSR count). The summed E-state index contributed by atoms with van der Waals surface area (Å²) in [6, 6.07) is 0. The molecule has 1 heterocycles. The normalized spacial score (nSPS) is 12.6. The first-order valence-corrected chi connectivity index (χ1v) is 7.79. The van der Waals surface area contributed by atoms with Crippen molar-refractivity contribution in [2.75, 3.05) is 6.61 Å². The Bertz CT molecular complexity index is 663. The molecule has 0 spiro atoms. The van der Waals surface area contributed by atoms with E-state index < -0.39 is 5.69 Å². The van der Waals surface area contributed by atoms with Crippen LogP contribution in [0.5, 0.6) is 0 Å². The number of aromatic nitrogens is 2. The quantitative estimate of drug-likeness (QED) is 0.562. The number of hydrogen-bond donors (Lipinski definition) is 0. The summed E-state index contributed by atoms with van der Waals surface area (Å²) in [6.07, 6.45) is 3.46. The van der Waals surface area contributed by atoms with Gasteiger partial charge in [-0.25, -0.2) is 9.79 Å². The second kappa shape index (κ2) is 8.45. The Balaban J connectivity index is 2.97. The van der Waals surface area contributed by atoms with Gasteiger partial charge >= 0.3 is 11.7 Å². The van der Waals surface area contributed by atoms with Gasteiger partial charge in [-0.3, -0.25) is 18.7 Å². The van der Waals surface area contributed by atoms with Crippen molar-refractivity contribution in [2.45, 2.75) is 40.0 Å². The van der Waals surface area contributed by atoms with E-state index in [4.69, 9.17) is 4.74 Å². The molecule has 0 N–H and O–H groups in total. The summed E-state index contributed by atoms with van der Waals surface area (Å²) in [5, 5.41) is 0. The van der Waals surface area contributed by atoms with E-state index in [2.05, 4.69) is 4.99 Å². The Kier molecular flexibility index (Phi) is 6.93. The van der Waals surface area contributed by atoms with Gasteiger partial charge in [0.1, 0.15) is 5.82 Å². The average Bonchev–Trinajstić information content (AvgIpc) is 2.54. The minimum atomic E-state index is -0.410. The highest BCUT2D eigenvalue weighted by atomic mass is 16.5. The molecule has 0 radical (unpaired) electrons. The highest BCUT2D eigenvalue weighted by Crippen LogP contribution is 2.15. The maximum atomic E-state index is 12.0. The van der Waals surface area contributed by atoms with Crippen LogP contribution in [-0.2, 0) is 23.6 Å². The lowest BCUT2D eigenvalue weighted by atomic mass is 10.0. The maximum absolute atomic E-state index is 12.0. The summed E-state index contributed by atoms with van der Waals surface area (Å²) in [7, 11) is 3.03. The van der Waals surface area contributed by atoms with Gasteiger partial charge in [-0.15, -0.1) is 0 Å². The number of rotatable bonds is 7. The first-order valence-electron chi connectivity index (χ1n) is 7.79. The van der Waals surface area contributed by atoms with Crippen LogP contribution >= 0.6 is 0 Å². The van der Waals surface area contributed by atoms with Gasteiger partial charge in [0, 0.05) is 26.7 Å². The third-order valence-electron chi connectivity index (χ3n) is 3.81. The number of hydrogen-bond acceptors (Lipinski definition) is 5. The zero-order valence-corrected chi connectivity index (χ0v) is 14.5. The Morgan fingerprint density at radius 2 is 1.91 bits per heavy atom. The minimum absolute atomic E-state index is 0.0815. The lowest BCUT2D eigenvalue weighted by molar-refractivity contribution is -0.143. The van der Waals surface area contributed by atoms with Crippen molar-refractivity contribution in [1.29, 1.82) is 0 Å². The summed E-state index contributed by atoms with van der Waals surface area (Å²) in [5.74, 6) is 0.210. The monoisotopic (exact) mass is 323 g/mol. The molecule has 0 amide bonds. The summed E-state index contributed by atoms with van der Waals surface area (Å²) >= 11 is 0.